The molecule has 0 heterocycles. The normalized spacial score (nSPS) is 10.5. The van der Waals surface area contributed by atoms with Crippen LogP contribution in [-0.4, -0.2) is 23.1 Å². The Morgan fingerprint density at radius 1 is 1.59 bits per heavy atom. The van der Waals surface area contributed by atoms with Crippen LogP contribution in [0.15, 0.2) is 24.3 Å². The number of aliphatic hydroxyl groups excluding tert-OH is 1. The molecule has 0 radical (unpaired) electrons. The summed E-state index contributed by atoms with van der Waals surface area (Å²) in [6, 6.07) is 4.29. The number of hydrogen-bond acceptors (Lipinski definition) is 5. The molecule has 0 saturated carbocycles. The number of nitrogens with zero attached hydrogens (tertiary/aromatic N) is 1. The fraction of sp³-hybridized carbons (Fsp3) is 0.182. The van der Waals surface area contributed by atoms with Crippen LogP contribution in [0.4, 0.5) is 5.69 Å². The van der Waals surface area contributed by atoms with E-state index < -0.39 is 17.5 Å². The molecule has 1 rings (SSSR count). The van der Waals surface area contributed by atoms with Crippen molar-refractivity contribution < 1.29 is 19.6 Å². The second kappa shape index (κ2) is 5.76. The van der Waals surface area contributed by atoms with Crippen LogP contribution in [-0.2, 0) is 16.1 Å². The molecule has 0 aromatic heterocycles. The molecular formula is C11H11NO5. The minimum atomic E-state index is -0.582. The van der Waals surface area contributed by atoms with E-state index in [2.05, 4.69) is 4.74 Å². The molecule has 0 aliphatic heterocycles. The maximum atomic E-state index is 10.8. The topological polar surface area (TPSA) is 89.7 Å². The molecule has 0 amide bonds. The molecule has 17 heavy (non-hydrogen) atoms. The molecule has 1 aromatic carbocycles. The third kappa shape index (κ3) is 3.39. The number of benzene rings is 1. The summed E-state index contributed by atoms with van der Waals surface area (Å²) in [5.74, 6) is -0.543. The van der Waals surface area contributed by atoms with Gasteiger partial charge in [-0.05, 0) is 17.7 Å². The van der Waals surface area contributed by atoms with E-state index in [4.69, 9.17) is 5.11 Å². The van der Waals surface area contributed by atoms with Crippen molar-refractivity contribution in [1.82, 2.24) is 0 Å². The van der Waals surface area contributed by atoms with Crippen LogP contribution in [0.2, 0.25) is 0 Å². The first-order chi connectivity index (χ1) is 8.08. The van der Waals surface area contributed by atoms with Crippen molar-refractivity contribution in [2.24, 2.45) is 0 Å². The Morgan fingerprint density at radius 3 is 2.82 bits per heavy atom. The summed E-state index contributed by atoms with van der Waals surface area (Å²) in [5, 5.41) is 19.6. The zero-order valence-corrected chi connectivity index (χ0v) is 9.12. The van der Waals surface area contributed by atoms with Crippen molar-refractivity contribution >= 4 is 17.7 Å². The van der Waals surface area contributed by atoms with E-state index >= 15 is 0 Å². The van der Waals surface area contributed by atoms with Gasteiger partial charge in [0.1, 0.15) is 0 Å². The molecule has 0 unspecified atom stereocenters. The Bertz CT molecular complexity index is 467. The molecule has 6 heteroatoms. The number of methoxy groups -OCH3 is 1. The van der Waals surface area contributed by atoms with E-state index in [1.165, 1.54) is 25.3 Å². The molecule has 0 fully saturated rings. The van der Waals surface area contributed by atoms with Crippen LogP contribution >= 0.6 is 0 Å². The summed E-state index contributed by atoms with van der Waals surface area (Å²) < 4.78 is 4.39. The fourth-order valence-electron chi connectivity index (χ4n) is 1.22. The summed E-state index contributed by atoms with van der Waals surface area (Å²) in [5.41, 5.74) is 0.532. The molecule has 6 nitrogen and oxygen atoms in total. The molecule has 0 saturated heterocycles. The number of rotatable bonds is 4. The second-order valence-electron chi connectivity index (χ2n) is 3.16. The molecule has 90 valence electrons. The van der Waals surface area contributed by atoms with Gasteiger partial charge in [0.05, 0.1) is 24.2 Å². The maximum absolute atomic E-state index is 10.8. The average molecular weight is 237 g/mol. The average Bonchev–Trinajstić information content (AvgIpc) is 2.35. The Morgan fingerprint density at radius 2 is 2.29 bits per heavy atom. The summed E-state index contributed by atoms with van der Waals surface area (Å²) in [6.45, 7) is -0.405. The maximum Gasteiger partial charge on any atom is 0.330 e. The highest BCUT2D eigenvalue weighted by Gasteiger charge is 2.12. The van der Waals surface area contributed by atoms with Crippen LogP contribution in [0.5, 0.6) is 0 Å². The standard InChI is InChI=1S/C11H11NO5/c1-17-11(14)5-3-8-2-4-9(7-13)10(6-8)12(15)16/h2-6,13H,7H2,1H3. The predicted octanol–water partition coefficient (Wildman–Crippen LogP) is 1.27. The SMILES string of the molecule is COC(=O)C=Cc1ccc(CO)c([N+](=O)[O-])c1. The third-order valence-electron chi connectivity index (χ3n) is 2.09. The lowest BCUT2D eigenvalue weighted by Gasteiger charge is -2.00. The van der Waals surface area contributed by atoms with Gasteiger partial charge in [0.2, 0.25) is 0 Å². The van der Waals surface area contributed by atoms with Gasteiger partial charge in [0.15, 0.2) is 0 Å². The third-order valence-corrected chi connectivity index (χ3v) is 2.09. The highest BCUT2D eigenvalue weighted by molar-refractivity contribution is 5.87. The van der Waals surface area contributed by atoms with Gasteiger partial charge in [0.25, 0.3) is 5.69 Å². The minimum Gasteiger partial charge on any atom is -0.466 e. The molecule has 1 N–H and O–H groups in total. The summed E-state index contributed by atoms with van der Waals surface area (Å²) in [7, 11) is 1.24. The summed E-state index contributed by atoms with van der Waals surface area (Å²) in [6.07, 6.45) is 2.57. The van der Waals surface area contributed by atoms with E-state index in [1.807, 2.05) is 0 Å². The highest BCUT2D eigenvalue weighted by Crippen LogP contribution is 2.21. The first-order valence-corrected chi connectivity index (χ1v) is 4.72. The molecular weight excluding hydrogens is 226 g/mol. The first kappa shape index (κ1) is 12.9. The molecule has 0 aliphatic rings. The first-order valence-electron chi connectivity index (χ1n) is 4.72. The van der Waals surface area contributed by atoms with Crippen molar-refractivity contribution in [3.63, 3.8) is 0 Å². The van der Waals surface area contributed by atoms with Gasteiger partial charge in [0, 0.05) is 12.1 Å². The minimum absolute atomic E-state index is 0.181. The van der Waals surface area contributed by atoms with Crippen molar-refractivity contribution in [2.45, 2.75) is 6.61 Å². The van der Waals surface area contributed by atoms with Gasteiger partial charge in [-0.1, -0.05) is 6.07 Å². The Hall–Kier alpha value is -2.21. The number of carbonyl (C=O) groups excluding carboxylic acids is 1. The lowest BCUT2D eigenvalue weighted by molar-refractivity contribution is -0.385. The Kier molecular flexibility index (Phi) is 4.36. The van der Waals surface area contributed by atoms with Crippen molar-refractivity contribution in [1.29, 1.82) is 0 Å². The predicted molar refractivity (Wildman–Crippen MR) is 60.1 cm³/mol. The zero-order chi connectivity index (χ0) is 12.8. The summed E-state index contributed by atoms with van der Waals surface area (Å²) in [4.78, 5) is 21.0. The number of ether oxygens (including phenoxy) is 1. The number of hydrogen-bond donors (Lipinski definition) is 1. The van der Waals surface area contributed by atoms with Gasteiger partial charge in [-0.15, -0.1) is 0 Å². The molecule has 1 aromatic rings. The molecule has 0 aliphatic carbocycles. The van der Waals surface area contributed by atoms with Crippen LogP contribution < -0.4 is 0 Å². The number of nitro groups is 1. The smallest absolute Gasteiger partial charge is 0.330 e. The van der Waals surface area contributed by atoms with Crippen LogP contribution in [0.25, 0.3) is 6.08 Å². The van der Waals surface area contributed by atoms with Crippen molar-refractivity contribution in [3.8, 4) is 0 Å². The zero-order valence-electron chi connectivity index (χ0n) is 9.12. The van der Waals surface area contributed by atoms with Crippen molar-refractivity contribution in [2.75, 3.05) is 7.11 Å². The van der Waals surface area contributed by atoms with E-state index in [-0.39, 0.29) is 11.3 Å². The quantitative estimate of drug-likeness (QED) is 0.368. The number of esters is 1. The van der Waals surface area contributed by atoms with E-state index in [9.17, 15) is 14.9 Å². The van der Waals surface area contributed by atoms with Gasteiger partial charge in [-0.3, -0.25) is 10.1 Å². The lowest BCUT2D eigenvalue weighted by atomic mass is 10.1. The Balaban J connectivity index is 3.04. The number of nitro benzene ring substituents is 1. The fourth-order valence-corrected chi connectivity index (χ4v) is 1.22. The highest BCUT2D eigenvalue weighted by atomic mass is 16.6. The van der Waals surface area contributed by atoms with E-state index in [0.717, 1.165) is 6.08 Å². The van der Waals surface area contributed by atoms with Gasteiger partial charge >= 0.3 is 5.97 Å². The van der Waals surface area contributed by atoms with Gasteiger partial charge in [-0.25, -0.2) is 4.79 Å². The number of carbonyl (C=O) groups is 1. The molecule has 0 atom stereocenters. The molecule has 0 bridgehead atoms. The van der Waals surface area contributed by atoms with Crippen LogP contribution in [0.3, 0.4) is 0 Å². The summed E-state index contributed by atoms with van der Waals surface area (Å²) >= 11 is 0. The van der Waals surface area contributed by atoms with E-state index in [1.54, 1.807) is 6.07 Å². The second-order valence-corrected chi connectivity index (χ2v) is 3.16. The lowest BCUT2D eigenvalue weighted by Crippen LogP contribution is -1.96. The Labute approximate surface area is 97.3 Å². The van der Waals surface area contributed by atoms with Gasteiger partial charge < -0.3 is 9.84 Å². The van der Waals surface area contributed by atoms with Crippen molar-refractivity contribution in [3.05, 3.63) is 45.5 Å². The van der Waals surface area contributed by atoms with Gasteiger partial charge in [-0.2, -0.15) is 0 Å². The van der Waals surface area contributed by atoms with E-state index in [0.29, 0.717) is 5.56 Å². The van der Waals surface area contributed by atoms with Crippen LogP contribution in [0, 0.1) is 10.1 Å². The monoisotopic (exact) mass is 237 g/mol. The molecule has 0 spiro atoms. The largest absolute Gasteiger partial charge is 0.466 e. The number of aliphatic hydroxyl groups is 1. The van der Waals surface area contributed by atoms with Crippen LogP contribution in [0.1, 0.15) is 11.1 Å².